The quantitative estimate of drug-likeness (QED) is 0.200. The first kappa shape index (κ1) is 34.0. The third kappa shape index (κ3) is 5.62. The molecule has 3 aromatic rings. The van der Waals surface area contributed by atoms with Gasteiger partial charge in [0.1, 0.15) is 0 Å². The van der Waals surface area contributed by atoms with E-state index in [4.69, 9.17) is 4.74 Å². The van der Waals surface area contributed by atoms with Crippen molar-refractivity contribution >= 4 is 43.1 Å². The van der Waals surface area contributed by atoms with E-state index in [1.54, 1.807) is 33.9 Å². The molecule has 7 rings (SSSR count). The minimum absolute atomic E-state index is 0.0469. The van der Waals surface area contributed by atoms with Crippen molar-refractivity contribution in [3.05, 3.63) is 99.1 Å². The number of hydrogen-bond donors (Lipinski definition) is 2. The van der Waals surface area contributed by atoms with Crippen molar-refractivity contribution in [1.29, 1.82) is 0 Å². The summed E-state index contributed by atoms with van der Waals surface area (Å²) in [5.41, 5.74) is 1.94. The van der Waals surface area contributed by atoms with Gasteiger partial charge in [0, 0.05) is 54.4 Å². The third-order valence-electron chi connectivity index (χ3n) is 11.1. The number of fused-ring (bicyclic) bond motifs is 3. The maximum absolute atomic E-state index is 14.9. The SMILES string of the molecule is C[C@H]1[C@H]([Si](C)(C)O)[C@@H](CC(=O)N2Cc3ccccc3C[C@H]2CO)O[C@]12C(=O)N(Cc1cccc(N3CCCC3=O)c1)c1ccc([N+](=O)[O-])cc12. The lowest BCUT2D eigenvalue weighted by molar-refractivity contribution is -0.385. The fourth-order valence-electron chi connectivity index (χ4n) is 8.79. The van der Waals surface area contributed by atoms with Gasteiger partial charge in [-0.05, 0) is 60.8 Å². The first-order valence-electron chi connectivity index (χ1n) is 17.2. The van der Waals surface area contributed by atoms with Crippen molar-refractivity contribution in [3.8, 4) is 0 Å². The number of carbonyl (C=O) groups is 3. The number of aliphatic hydroxyl groups is 1. The number of hydrogen-bond acceptors (Lipinski definition) is 8. The van der Waals surface area contributed by atoms with Crippen molar-refractivity contribution in [1.82, 2.24) is 4.90 Å². The molecule has 50 heavy (non-hydrogen) atoms. The molecule has 262 valence electrons. The van der Waals surface area contributed by atoms with Gasteiger partial charge in [0.05, 0.1) is 42.3 Å². The molecule has 2 saturated heterocycles. The van der Waals surface area contributed by atoms with Gasteiger partial charge in [0.15, 0.2) is 13.9 Å². The van der Waals surface area contributed by atoms with Crippen LogP contribution >= 0.6 is 0 Å². The van der Waals surface area contributed by atoms with E-state index in [0.717, 1.165) is 28.8 Å². The van der Waals surface area contributed by atoms with Crippen LogP contribution in [0.1, 0.15) is 48.4 Å². The summed E-state index contributed by atoms with van der Waals surface area (Å²) in [5.74, 6) is -1.26. The number of ether oxygens (including phenoxy) is 1. The van der Waals surface area contributed by atoms with Crippen LogP contribution < -0.4 is 9.80 Å². The molecule has 3 amide bonds. The van der Waals surface area contributed by atoms with Crippen molar-refractivity contribution < 1.29 is 33.9 Å². The Morgan fingerprint density at radius 3 is 2.52 bits per heavy atom. The van der Waals surface area contributed by atoms with Gasteiger partial charge in [-0.3, -0.25) is 24.5 Å². The zero-order valence-electron chi connectivity index (χ0n) is 28.4. The zero-order chi connectivity index (χ0) is 35.5. The molecule has 0 aliphatic carbocycles. The summed E-state index contributed by atoms with van der Waals surface area (Å²) in [7, 11) is -3.14. The lowest BCUT2D eigenvalue weighted by Crippen LogP contribution is -2.48. The molecule has 0 bridgehead atoms. The van der Waals surface area contributed by atoms with Crippen molar-refractivity contribution in [3.63, 3.8) is 0 Å². The predicted molar refractivity (Wildman–Crippen MR) is 188 cm³/mol. The predicted octanol–water partition coefficient (Wildman–Crippen LogP) is 4.40. The van der Waals surface area contributed by atoms with E-state index in [1.165, 1.54) is 12.1 Å². The molecule has 5 atom stereocenters. The minimum atomic E-state index is -3.14. The van der Waals surface area contributed by atoms with E-state index in [2.05, 4.69) is 0 Å². The van der Waals surface area contributed by atoms with Gasteiger partial charge in [0.2, 0.25) is 11.8 Å². The monoisotopic (exact) mass is 698 g/mol. The Morgan fingerprint density at radius 1 is 1.08 bits per heavy atom. The van der Waals surface area contributed by atoms with E-state index in [1.807, 2.05) is 55.5 Å². The summed E-state index contributed by atoms with van der Waals surface area (Å²) < 4.78 is 6.82. The molecule has 1 spiro atoms. The molecule has 3 aromatic carbocycles. The van der Waals surface area contributed by atoms with Crippen LogP contribution in [-0.2, 0) is 44.2 Å². The Morgan fingerprint density at radius 2 is 1.84 bits per heavy atom. The average molecular weight is 699 g/mol. The maximum atomic E-state index is 14.9. The van der Waals surface area contributed by atoms with E-state index in [9.17, 15) is 34.4 Å². The van der Waals surface area contributed by atoms with Crippen LogP contribution in [0.3, 0.4) is 0 Å². The first-order valence-corrected chi connectivity index (χ1v) is 20.2. The standard InChI is InChI=1S/C37H42N4O8Si/c1-23-35(50(2,3)48)32(19-34(44)39-21-26-10-5-4-9-25(26)17-29(39)22-42)49-37(23)30-18-28(41(46)47)13-14-31(30)40(36(37)45)20-24-8-6-11-27(16-24)38-15-7-12-33(38)43/h4-6,8-11,13-14,16,18,23,29,32,35,42,48H,7,12,15,17,19-22H2,1-3H3/t23-,29-,32+,35-,37+/m0/s1. The molecule has 2 N–H and O–H groups in total. The molecule has 4 aliphatic rings. The molecule has 0 unspecified atom stereocenters. The van der Waals surface area contributed by atoms with Gasteiger partial charge in [-0.1, -0.05) is 43.3 Å². The third-order valence-corrected chi connectivity index (χ3v) is 13.6. The van der Waals surface area contributed by atoms with Gasteiger partial charge in [0.25, 0.3) is 11.6 Å². The maximum Gasteiger partial charge on any atom is 0.269 e. The van der Waals surface area contributed by atoms with Crippen molar-refractivity contribution in [2.45, 2.75) is 82.1 Å². The number of amides is 3. The summed E-state index contributed by atoms with van der Waals surface area (Å²) in [6.07, 6.45) is 0.779. The lowest BCUT2D eigenvalue weighted by atomic mass is 9.82. The summed E-state index contributed by atoms with van der Waals surface area (Å²) >= 11 is 0. The topological polar surface area (TPSA) is 154 Å². The summed E-state index contributed by atoms with van der Waals surface area (Å²) in [4.78, 5) is 69.7. The zero-order valence-corrected chi connectivity index (χ0v) is 29.4. The largest absolute Gasteiger partial charge is 0.432 e. The van der Waals surface area contributed by atoms with Crippen LogP contribution in [0.25, 0.3) is 0 Å². The fourth-order valence-corrected chi connectivity index (χ4v) is 11.3. The number of benzene rings is 3. The average Bonchev–Trinajstić information content (AvgIpc) is 3.72. The van der Waals surface area contributed by atoms with Gasteiger partial charge in [-0.25, -0.2) is 0 Å². The first-order chi connectivity index (χ1) is 23.8. The normalized spacial score (nSPS) is 26.1. The van der Waals surface area contributed by atoms with Crippen LogP contribution in [-0.4, -0.2) is 71.1 Å². The smallest absolute Gasteiger partial charge is 0.269 e. The molecular weight excluding hydrogens is 657 g/mol. The van der Waals surface area contributed by atoms with E-state index >= 15 is 0 Å². The number of nitrogens with zero attached hydrogens (tertiary/aromatic N) is 4. The number of nitro groups is 1. The molecule has 0 aromatic heterocycles. The van der Waals surface area contributed by atoms with E-state index in [0.29, 0.717) is 37.2 Å². The Labute approximate surface area is 291 Å². The van der Waals surface area contributed by atoms with Crippen LogP contribution in [0, 0.1) is 16.0 Å². The molecule has 4 heterocycles. The number of nitro benzene ring substituents is 1. The van der Waals surface area contributed by atoms with E-state index < -0.39 is 48.4 Å². The number of rotatable bonds is 8. The van der Waals surface area contributed by atoms with Crippen LogP contribution in [0.4, 0.5) is 17.1 Å². The highest BCUT2D eigenvalue weighted by atomic mass is 28.4. The molecule has 2 fully saturated rings. The lowest BCUT2D eigenvalue weighted by Gasteiger charge is -2.37. The molecule has 0 radical (unpaired) electrons. The second-order valence-corrected chi connectivity index (χ2v) is 18.5. The molecule has 12 nitrogen and oxygen atoms in total. The highest BCUT2D eigenvalue weighted by Gasteiger charge is 2.66. The van der Waals surface area contributed by atoms with Gasteiger partial charge in [-0.15, -0.1) is 0 Å². The van der Waals surface area contributed by atoms with Gasteiger partial charge < -0.3 is 29.3 Å². The number of carbonyl (C=O) groups excluding carboxylic acids is 3. The van der Waals surface area contributed by atoms with Crippen LogP contribution in [0.5, 0.6) is 0 Å². The summed E-state index contributed by atoms with van der Waals surface area (Å²) in [5, 5.41) is 22.3. The highest BCUT2D eigenvalue weighted by molar-refractivity contribution is 6.71. The van der Waals surface area contributed by atoms with Crippen molar-refractivity contribution in [2.24, 2.45) is 5.92 Å². The summed E-state index contributed by atoms with van der Waals surface area (Å²) in [6.45, 7) is 6.21. The van der Waals surface area contributed by atoms with Crippen LogP contribution in [0.2, 0.25) is 18.6 Å². The van der Waals surface area contributed by atoms with E-state index in [-0.39, 0.29) is 37.1 Å². The Bertz CT molecular complexity index is 1880. The highest BCUT2D eigenvalue weighted by Crippen LogP contribution is 2.60. The minimum Gasteiger partial charge on any atom is -0.432 e. The van der Waals surface area contributed by atoms with Gasteiger partial charge in [-0.2, -0.15) is 0 Å². The fraction of sp³-hybridized carbons (Fsp3) is 0.432. The number of non-ortho nitro benzene ring substituents is 1. The Kier molecular flexibility index (Phi) is 8.65. The van der Waals surface area contributed by atoms with Gasteiger partial charge >= 0.3 is 0 Å². The second-order valence-electron chi connectivity index (χ2n) is 14.6. The number of aliphatic hydroxyl groups excluding tert-OH is 1. The molecule has 13 heteroatoms. The molecular formula is C37H42N4O8Si. The molecule has 0 saturated carbocycles. The number of anilines is 2. The Balaban J connectivity index is 1.25. The second kappa shape index (κ2) is 12.7. The Hall–Kier alpha value is -4.43. The van der Waals surface area contributed by atoms with Crippen LogP contribution in [0.15, 0.2) is 66.7 Å². The van der Waals surface area contributed by atoms with Crippen molar-refractivity contribution in [2.75, 3.05) is 23.0 Å². The summed E-state index contributed by atoms with van der Waals surface area (Å²) in [6, 6.07) is 19.2. The molecule has 4 aliphatic heterocycles.